The lowest BCUT2D eigenvalue weighted by molar-refractivity contribution is -0.146. The first-order valence-electron chi connectivity index (χ1n) is 6.69. The van der Waals surface area contributed by atoms with Crippen LogP contribution in [0.2, 0.25) is 0 Å². The standard InChI is InChI=1S/C15H20BrNO2/c1-11(2)17-8-6-15(7-9-17,14(18)19)12-4-3-5-13(16)10-12/h3-5,10-11H,6-9H2,1-2H3,(H,18,19). The average Bonchev–Trinajstić information content (AvgIpc) is 2.38. The molecule has 1 aliphatic heterocycles. The zero-order chi connectivity index (χ0) is 14.0. The highest BCUT2D eigenvalue weighted by atomic mass is 79.9. The predicted octanol–water partition coefficient (Wildman–Crippen LogP) is 3.28. The quantitative estimate of drug-likeness (QED) is 0.927. The van der Waals surface area contributed by atoms with Gasteiger partial charge < -0.3 is 10.0 Å². The summed E-state index contributed by atoms with van der Waals surface area (Å²) >= 11 is 3.43. The summed E-state index contributed by atoms with van der Waals surface area (Å²) in [5.41, 5.74) is 0.188. The summed E-state index contributed by atoms with van der Waals surface area (Å²) in [6.45, 7) is 6.01. The van der Waals surface area contributed by atoms with Gasteiger partial charge in [-0.1, -0.05) is 28.1 Å². The number of piperidine rings is 1. The zero-order valence-corrected chi connectivity index (χ0v) is 13.0. The maximum absolute atomic E-state index is 11.8. The summed E-state index contributed by atoms with van der Waals surface area (Å²) < 4.78 is 0.942. The first-order chi connectivity index (χ1) is 8.95. The summed E-state index contributed by atoms with van der Waals surface area (Å²) in [4.78, 5) is 14.2. The lowest BCUT2D eigenvalue weighted by Crippen LogP contribution is -2.49. The van der Waals surface area contributed by atoms with Crippen LogP contribution in [0.1, 0.15) is 32.3 Å². The minimum absolute atomic E-state index is 0.481. The molecule has 1 fully saturated rings. The number of aliphatic carboxylic acids is 1. The molecule has 1 aromatic rings. The number of hydrogen-bond acceptors (Lipinski definition) is 2. The smallest absolute Gasteiger partial charge is 0.314 e. The maximum Gasteiger partial charge on any atom is 0.314 e. The third-order valence-electron chi connectivity index (χ3n) is 4.17. The number of carboxylic acids is 1. The molecule has 19 heavy (non-hydrogen) atoms. The molecular weight excluding hydrogens is 306 g/mol. The molecule has 2 rings (SSSR count). The Morgan fingerprint density at radius 2 is 2.00 bits per heavy atom. The van der Waals surface area contributed by atoms with Crippen molar-refractivity contribution >= 4 is 21.9 Å². The van der Waals surface area contributed by atoms with Gasteiger partial charge >= 0.3 is 5.97 Å². The fraction of sp³-hybridized carbons (Fsp3) is 0.533. The summed E-state index contributed by atoms with van der Waals surface area (Å²) in [6, 6.07) is 8.21. The van der Waals surface area contributed by atoms with Crippen molar-refractivity contribution in [2.75, 3.05) is 13.1 Å². The Balaban J connectivity index is 2.29. The van der Waals surface area contributed by atoms with Crippen molar-refractivity contribution in [2.45, 2.75) is 38.1 Å². The molecule has 1 heterocycles. The van der Waals surface area contributed by atoms with Crippen molar-refractivity contribution in [1.29, 1.82) is 0 Å². The summed E-state index contributed by atoms with van der Waals surface area (Å²) in [7, 11) is 0. The Bertz CT molecular complexity index is 465. The van der Waals surface area contributed by atoms with Crippen LogP contribution >= 0.6 is 15.9 Å². The molecule has 0 unspecified atom stereocenters. The van der Waals surface area contributed by atoms with Crippen LogP contribution in [-0.2, 0) is 10.2 Å². The van der Waals surface area contributed by atoms with Gasteiger partial charge in [0.15, 0.2) is 0 Å². The minimum atomic E-state index is -0.727. The van der Waals surface area contributed by atoms with Crippen molar-refractivity contribution < 1.29 is 9.90 Å². The van der Waals surface area contributed by atoms with Crippen molar-refractivity contribution in [3.63, 3.8) is 0 Å². The summed E-state index contributed by atoms with van der Waals surface area (Å²) in [5.74, 6) is -0.700. The van der Waals surface area contributed by atoms with Crippen LogP contribution in [0.25, 0.3) is 0 Å². The van der Waals surface area contributed by atoms with Crippen molar-refractivity contribution in [1.82, 2.24) is 4.90 Å². The highest BCUT2D eigenvalue weighted by Crippen LogP contribution is 2.37. The van der Waals surface area contributed by atoms with Crippen LogP contribution in [-0.4, -0.2) is 35.1 Å². The molecule has 4 heteroatoms. The lowest BCUT2D eigenvalue weighted by Gasteiger charge is -2.41. The fourth-order valence-electron chi connectivity index (χ4n) is 2.83. The number of benzene rings is 1. The van der Waals surface area contributed by atoms with Gasteiger partial charge in [0.2, 0.25) is 0 Å². The minimum Gasteiger partial charge on any atom is -0.481 e. The van der Waals surface area contributed by atoms with Gasteiger partial charge in [0, 0.05) is 10.5 Å². The zero-order valence-electron chi connectivity index (χ0n) is 11.4. The van der Waals surface area contributed by atoms with Crippen molar-refractivity contribution in [3.05, 3.63) is 34.3 Å². The van der Waals surface area contributed by atoms with E-state index in [1.165, 1.54) is 0 Å². The maximum atomic E-state index is 11.8. The number of rotatable bonds is 3. The fourth-order valence-corrected chi connectivity index (χ4v) is 3.23. The van der Waals surface area contributed by atoms with Gasteiger partial charge in [0.25, 0.3) is 0 Å². The number of carboxylic acid groups (broad SMARTS) is 1. The van der Waals surface area contributed by atoms with E-state index in [-0.39, 0.29) is 0 Å². The second kappa shape index (κ2) is 5.63. The Morgan fingerprint density at radius 1 is 1.37 bits per heavy atom. The Kier molecular flexibility index (Phi) is 4.31. The van der Waals surface area contributed by atoms with Crippen LogP contribution in [0.15, 0.2) is 28.7 Å². The van der Waals surface area contributed by atoms with E-state index in [2.05, 4.69) is 34.7 Å². The number of carbonyl (C=O) groups is 1. The molecular formula is C15H20BrNO2. The van der Waals surface area contributed by atoms with E-state index >= 15 is 0 Å². The second-order valence-electron chi connectivity index (χ2n) is 5.53. The average molecular weight is 326 g/mol. The Morgan fingerprint density at radius 3 is 2.47 bits per heavy atom. The van der Waals surface area contributed by atoms with Crippen LogP contribution in [0.4, 0.5) is 0 Å². The van der Waals surface area contributed by atoms with Gasteiger partial charge in [-0.3, -0.25) is 4.79 Å². The van der Waals surface area contributed by atoms with Crippen molar-refractivity contribution in [3.8, 4) is 0 Å². The normalized spacial score (nSPS) is 19.6. The van der Waals surface area contributed by atoms with Crippen LogP contribution in [0.3, 0.4) is 0 Å². The van der Waals surface area contributed by atoms with Gasteiger partial charge in [-0.15, -0.1) is 0 Å². The molecule has 0 aromatic heterocycles. The number of halogens is 1. The largest absolute Gasteiger partial charge is 0.481 e. The molecule has 0 radical (unpaired) electrons. The second-order valence-corrected chi connectivity index (χ2v) is 6.44. The first-order valence-corrected chi connectivity index (χ1v) is 7.48. The van der Waals surface area contributed by atoms with Gasteiger partial charge in [-0.2, -0.15) is 0 Å². The van der Waals surface area contributed by atoms with Crippen LogP contribution < -0.4 is 0 Å². The van der Waals surface area contributed by atoms with Crippen LogP contribution in [0, 0.1) is 0 Å². The summed E-state index contributed by atoms with van der Waals surface area (Å²) in [6.07, 6.45) is 1.36. The number of hydrogen-bond donors (Lipinski definition) is 1. The molecule has 0 saturated carbocycles. The molecule has 1 aromatic carbocycles. The highest BCUT2D eigenvalue weighted by molar-refractivity contribution is 9.10. The predicted molar refractivity (Wildman–Crippen MR) is 79.4 cm³/mol. The molecule has 0 bridgehead atoms. The molecule has 1 saturated heterocycles. The number of likely N-dealkylation sites (tertiary alicyclic amines) is 1. The van der Waals surface area contributed by atoms with E-state index in [9.17, 15) is 9.90 Å². The van der Waals surface area contributed by atoms with E-state index in [0.717, 1.165) is 23.1 Å². The van der Waals surface area contributed by atoms with E-state index < -0.39 is 11.4 Å². The topological polar surface area (TPSA) is 40.5 Å². The van der Waals surface area contributed by atoms with E-state index in [4.69, 9.17) is 0 Å². The molecule has 1 aliphatic rings. The highest BCUT2D eigenvalue weighted by Gasteiger charge is 2.43. The Labute approximate surface area is 122 Å². The SMILES string of the molecule is CC(C)N1CCC(C(=O)O)(c2cccc(Br)c2)CC1. The van der Waals surface area contributed by atoms with Crippen LogP contribution in [0.5, 0.6) is 0 Å². The molecule has 0 spiro atoms. The van der Waals surface area contributed by atoms with E-state index in [1.54, 1.807) is 0 Å². The van der Waals surface area contributed by atoms with Gasteiger partial charge in [0.05, 0.1) is 5.41 Å². The molecule has 1 N–H and O–H groups in total. The van der Waals surface area contributed by atoms with E-state index in [0.29, 0.717) is 18.9 Å². The molecule has 0 amide bonds. The molecule has 3 nitrogen and oxygen atoms in total. The monoisotopic (exact) mass is 325 g/mol. The van der Waals surface area contributed by atoms with E-state index in [1.807, 2.05) is 24.3 Å². The van der Waals surface area contributed by atoms with Gasteiger partial charge in [-0.05, 0) is 57.5 Å². The lowest BCUT2D eigenvalue weighted by atomic mass is 9.72. The number of nitrogens with zero attached hydrogens (tertiary/aromatic N) is 1. The molecule has 0 aliphatic carbocycles. The molecule has 0 atom stereocenters. The van der Waals surface area contributed by atoms with Crippen molar-refractivity contribution in [2.24, 2.45) is 0 Å². The van der Waals surface area contributed by atoms with Gasteiger partial charge in [0.1, 0.15) is 0 Å². The molecule has 104 valence electrons. The summed E-state index contributed by atoms with van der Waals surface area (Å²) in [5, 5.41) is 9.72. The first kappa shape index (κ1) is 14.5. The third kappa shape index (κ3) is 2.84. The Hall–Kier alpha value is -0.870. The van der Waals surface area contributed by atoms with Gasteiger partial charge in [-0.25, -0.2) is 0 Å². The third-order valence-corrected chi connectivity index (χ3v) is 4.66.